The molecule has 1 heterocycles. The van der Waals surface area contributed by atoms with Crippen molar-refractivity contribution >= 4 is 84.0 Å². The molecule has 0 saturated carbocycles. The van der Waals surface area contributed by atoms with Crippen molar-refractivity contribution in [3.63, 3.8) is 0 Å². The zero-order valence-corrected chi connectivity index (χ0v) is 19.6. The molecule has 3 rings (SSSR count). The Labute approximate surface area is 192 Å². The molecule has 1 saturated heterocycles. The van der Waals surface area contributed by atoms with Crippen LogP contribution >= 0.6 is 55.2 Å². The summed E-state index contributed by atoms with van der Waals surface area (Å²) in [6.07, 6.45) is 1.59. The first-order chi connectivity index (χ1) is 13.8. The van der Waals surface area contributed by atoms with Crippen LogP contribution in [0.4, 0.5) is 10.5 Å². The van der Waals surface area contributed by atoms with E-state index in [0.29, 0.717) is 31.0 Å². The molecule has 29 heavy (non-hydrogen) atoms. The lowest BCUT2D eigenvalue weighted by atomic mass is 10.2. The summed E-state index contributed by atoms with van der Waals surface area (Å²) in [6.45, 7) is -0.400. The number of ether oxygens (including phenoxy) is 1. The van der Waals surface area contributed by atoms with E-state index in [4.69, 9.17) is 16.3 Å². The van der Waals surface area contributed by atoms with Gasteiger partial charge in [0.2, 0.25) is 5.91 Å². The van der Waals surface area contributed by atoms with Gasteiger partial charge in [-0.3, -0.25) is 19.3 Å². The van der Waals surface area contributed by atoms with Gasteiger partial charge >= 0.3 is 0 Å². The van der Waals surface area contributed by atoms with Gasteiger partial charge < -0.3 is 10.1 Å². The maximum absolute atomic E-state index is 12.6. The maximum Gasteiger partial charge on any atom is 0.294 e. The third kappa shape index (κ3) is 5.03. The van der Waals surface area contributed by atoms with E-state index in [0.717, 1.165) is 16.7 Å². The predicted molar refractivity (Wildman–Crippen MR) is 121 cm³/mol. The minimum atomic E-state index is -0.530. The minimum Gasteiger partial charge on any atom is -0.494 e. The molecule has 1 aliphatic rings. The Morgan fingerprint density at radius 2 is 1.90 bits per heavy atom. The van der Waals surface area contributed by atoms with Crippen molar-refractivity contribution in [2.75, 3.05) is 19.0 Å². The summed E-state index contributed by atoms with van der Waals surface area (Å²) in [4.78, 5) is 38.3. The average Bonchev–Trinajstić information content (AvgIpc) is 2.91. The number of thioether (sulfide) groups is 1. The van der Waals surface area contributed by atoms with Gasteiger partial charge in [-0.15, -0.1) is 0 Å². The van der Waals surface area contributed by atoms with Crippen LogP contribution in [0.5, 0.6) is 5.75 Å². The van der Waals surface area contributed by atoms with Crippen LogP contribution in [0.15, 0.2) is 50.2 Å². The van der Waals surface area contributed by atoms with E-state index in [1.54, 1.807) is 49.6 Å². The number of imide groups is 1. The molecule has 1 N–H and O–H groups in total. The first-order valence-corrected chi connectivity index (χ1v) is 10.9. The molecule has 0 bridgehead atoms. The van der Waals surface area contributed by atoms with Gasteiger partial charge in [0.05, 0.1) is 31.7 Å². The fourth-order valence-corrected chi connectivity index (χ4v) is 5.11. The number of nitrogens with zero attached hydrogens (tertiary/aromatic N) is 1. The fraction of sp³-hybridized carbons (Fsp3) is 0.105. The number of para-hydroxylation sites is 1. The summed E-state index contributed by atoms with van der Waals surface area (Å²) in [6, 6.07) is 10.2. The maximum atomic E-state index is 12.6. The Bertz CT molecular complexity index is 1020. The number of anilines is 1. The molecule has 0 atom stereocenters. The fourth-order valence-electron chi connectivity index (χ4n) is 2.54. The van der Waals surface area contributed by atoms with Gasteiger partial charge in [-0.1, -0.05) is 23.7 Å². The lowest BCUT2D eigenvalue weighted by molar-refractivity contribution is -0.127. The number of hydrogen-bond donors (Lipinski definition) is 1. The van der Waals surface area contributed by atoms with Crippen LogP contribution in [-0.4, -0.2) is 35.6 Å². The van der Waals surface area contributed by atoms with Gasteiger partial charge in [0.25, 0.3) is 11.1 Å². The van der Waals surface area contributed by atoms with Gasteiger partial charge in [0.1, 0.15) is 12.3 Å². The average molecular weight is 561 g/mol. The van der Waals surface area contributed by atoms with Crippen LogP contribution in [0.25, 0.3) is 6.08 Å². The quantitative estimate of drug-likeness (QED) is 0.486. The predicted octanol–water partition coefficient (Wildman–Crippen LogP) is 5.55. The van der Waals surface area contributed by atoms with E-state index in [1.165, 1.54) is 0 Å². The van der Waals surface area contributed by atoms with Crippen molar-refractivity contribution in [3.8, 4) is 5.75 Å². The summed E-state index contributed by atoms with van der Waals surface area (Å²) >= 11 is 13.6. The summed E-state index contributed by atoms with van der Waals surface area (Å²) in [5, 5.41) is 2.45. The second-order valence-electron chi connectivity index (χ2n) is 5.81. The highest BCUT2D eigenvalue weighted by Crippen LogP contribution is 2.37. The lowest BCUT2D eigenvalue weighted by Gasteiger charge is -2.13. The monoisotopic (exact) mass is 558 g/mol. The Morgan fingerprint density at radius 3 is 2.52 bits per heavy atom. The van der Waals surface area contributed by atoms with Gasteiger partial charge in [-0.25, -0.2) is 0 Å². The minimum absolute atomic E-state index is 0.226. The van der Waals surface area contributed by atoms with Gasteiger partial charge in [-0.2, -0.15) is 0 Å². The molecule has 6 nitrogen and oxygen atoms in total. The molecule has 0 spiro atoms. The van der Waals surface area contributed by atoms with Crippen LogP contribution in [-0.2, 0) is 9.59 Å². The molecule has 1 fully saturated rings. The van der Waals surface area contributed by atoms with E-state index in [9.17, 15) is 14.4 Å². The highest BCUT2D eigenvalue weighted by molar-refractivity contribution is 9.11. The molecule has 2 aromatic carbocycles. The van der Waals surface area contributed by atoms with Crippen LogP contribution in [0.3, 0.4) is 0 Å². The number of halogens is 3. The molecule has 0 aliphatic carbocycles. The summed E-state index contributed by atoms with van der Waals surface area (Å²) < 4.78 is 6.64. The first kappa shape index (κ1) is 21.9. The lowest BCUT2D eigenvalue weighted by Crippen LogP contribution is -2.36. The number of carbonyl (C=O) groups is 3. The second-order valence-corrected chi connectivity index (χ2v) is 8.92. The van der Waals surface area contributed by atoms with Crippen molar-refractivity contribution in [3.05, 3.63) is 60.8 Å². The second kappa shape index (κ2) is 9.34. The molecule has 0 aromatic heterocycles. The zero-order valence-electron chi connectivity index (χ0n) is 14.9. The first-order valence-electron chi connectivity index (χ1n) is 8.13. The van der Waals surface area contributed by atoms with Crippen LogP contribution < -0.4 is 10.1 Å². The molecular formula is C19H13Br2ClN2O4S. The number of nitrogens with one attached hydrogen (secondary N) is 1. The topological polar surface area (TPSA) is 75.7 Å². The van der Waals surface area contributed by atoms with Crippen molar-refractivity contribution in [1.29, 1.82) is 0 Å². The van der Waals surface area contributed by atoms with Gasteiger partial charge in [0, 0.05) is 0 Å². The van der Waals surface area contributed by atoms with Crippen molar-refractivity contribution in [2.24, 2.45) is 0 Å². The molecule has 1 aliphatic heterocycles. The highest BCUT2D eigenvalue weighted by atomic mass is 79.9. The highest BCUT2D eigenvalue weighted by Gasteiger charge is 2.36. The van der Waals surface area contributed by atoms with E-state index < -0.39 is 23.6 Å². The molecular weight excluding hydrogens is 548 g/mol. The number of rotatable bonds is 5. The van der Waals surface area contributed by atoms with Gasteiger partial charge in [0.15, 0.2) is 0 Å². The Morgan fingerprint density at radius 1 is 1.24 bits per heavy atom. The molecule has 150 valence electrons. The van der Waals surface area contributed by atoms with Crippen molar-refractivity contribution < 1.29 is 19.1 Å². The largest absolute Gasteiger partial charge is 0.494 e. The molecule has 2 aromatic rings. The third-order valence-corrected chi connectivity index (χ3v) is 6.26. The van der Waals surface area contributed by atoms with E-state index in [1.807, 2.05) is 0 Å². The smallest absolute Gasteiger partial charge is 0.294 e. The van der Waals surface area contributed by atoms with Gasteiger partial charge in [-0.05, 0) is 79.5 Å². The molecule has 10 heteroatoms. The van der Waals surface area contributed by atoms with E-state index in [2.05, 4.69) is 37.2 Å². The standard InChI is InChI=1S/C19H13Br2ClN2O4S/c1-28-17-11(20)6-10(7-12(17)21)8-15-18(26)24(19(27)29-15)9-16(25)23-14-5-3-2-4-13(14)22/h2-8H,9H2,1H3,(H,23,25)/b15-8+. The van der Waals surface area contributed by atoms with E-state index >= 15 is 0 Å². The normalized spacial score (nSPS) is 15.2. The van der Waals surface area contributed by atoms with Crippen molar-refractivity contribution in [2.45, 2.75) is 0 Å². The number of methoxy groups -OCH3 is 1. The number of hydrogen-bond acceptors (Lipinski definition) is 5. The van der Waals surface area contributed by atoms with Crippen molar-refractivity contribution in [1.82, 2.24) is 4.90 Å². The molecule has 3 amide bonds. The van der Waals surface area contributed by atoms with Crippen LogP contribution in [0, 0.1) is 0 Å². The number of benzene rings is 2. The Kier molecular flexibility index (Phi) is 7.05. The summed E-state index contributed by atoms with van der Waals surface area (Å²) in [5.74, 6) is -0.430. The Hall–Kier alpha value is -1.81. The van der Waals surface area contributed by atoms with E-state index in [-0.39, 0.29) is 4.91 Å². The number of amides is 3. The van der Waals surface area contributed by atoms with Crippen LogP contribution in [0.2, 0.25) is 5.02 Å². The summed E-state index contributed by atoms with van der Waals surface area (Å²) in [5.41, 5.74) is 1.10. The molecule has 0 unspecified atom stereocenters. The number of carbonyl (C=O) groups excluding carboxylic acids is 3. The SMILES string of the molecule is COc1c(Br)cc(/C=C2/SC(=O)N(CC(=O)Nc3ccccc3Cl)C2=O)cc1Br. The zero-order chi connectivity index (χ0) is 21.1. The molecule has 0 radical (unpaired) electrons. The Balaban J connectivity index is 1.75. The van der Waals surface area contributed by atoms with Crippen LogP contribution in [0.1, 0.15) is 5.56 Å². The third-order valence-electron chi connectivity index (χ3n) is 3.85. The summed E-state index contributed by atoms with van der Waals surface area (Å²) in [7, 11) is 1.55.